The standard InChI is InChI=1S/C22H26N2O5/c25-21(24-29-16-19-11-12-27-14-19)20(13-17-7-3-1-4-8-17)23-22(26)28-15-18-9-5-2-6-10-18/h1-10,19-20H,11-16H2,(H,23,26)(H,24,25)/t19-,20+/m1/s1. The van der Waals surface area contributed by atoms with Gasteiger partial charge in [-0.3, -0.25) is 9.63 Å². The van der Waals surface area contributed by atoms with Crippen molar-refractivity contribution in [2.24, 2.45) is 5.92 Å². The van der Waals surface area contributed by atoms with Crippen LogP contribution in [0.15, 0.2) is 60.7 Å². The minimum atomic E-state index is -0.819. The molecule has 0 bridgehead atoms. The molecule has 1 aliphatic rings. The number of nitrogens with one attached hydrogen (secondary N) is 2. The number of hydrogen-bond donors (Lipinski definition) is 2. The van der Waals surface area contributed by atoms with Crippen molar-refractivity contribution in [2.75, 3.05) is 19.8 Å². The molecule has 1 fully saturated rings. The van der Waals surface area contributed by atoms with Gasteiger partial charge in [-0.05, 0) is 17.5 Å². The Morgan fingerprint density at radius 2 is 1.72 bits per heavy atom. The first kappa shape index (κ1) is 20.8. The predicted molar refractivity (Wildman–Crippen MR) is 107 cm³/mol. The van der Waals surface area contributed by atoms with Gasteiger partial charge in [0.2, 0.25) is 0 Å². The molecule has 0 unspecified atom stereocenters. The van der Waals surface area contributed by atoms with Crippen LogP contribution in [0.1, 0.15) is 17.5 Å². The van der Waals surface area contributed by atoms with Crippen molar-refractivity contribution in [3.05, 3.63) is 71.8 Å². The van der Waals surface area contributed by atoms with Crippen LogP contribution in [0.2, 0.25) is 0 Å². The maximum absolute atomic E-state index is 12.6. The van der Waals surface area contributed by atoms with Gasteiger partial charge in [0, 0.05) is 18.9 Å². The van der Waals surface area contributed by atoms with Crippen molar-refractivity contribution in [2.45, 2.75) is 25.5 Å². The number of hydroxylamine groups is 1. The predicted octanol–water partition coefficient (Wildman–Crippen LogP) is 2.61. The summed E-state index contributed by atoms with van der Waals surface area (Å²) in [4.78, 5) is 30.2. The van der Waals surface area contributed by atoms with Gasteiger partial charge in [0.25, 0.3) is 5.91 Å². The van der Waals surface area contributed by atoms with E-state index in [1.807, 2.05) is 60.7 Å². The van der Waals surface area contributed by atoms with Gasteiger partial charge in [0.1, 0.15) is 12.6 Å². The summed E-state index contributed by atoms with van der Waals surface area (Å²) < 4.78 is 10.5. The first-order valence-corrected chi connectivity index (χ1v) is 9.71. The number of hydrogen-bond acceptors (Lipinski definition) is 5. The summed E-state index contributed by atoms with van der Waals surface area (Å²) in [6.45, 7) is 1.85. The van der Waals surface area contributed by atoms with Crippen LogP contribution < -0.4 is 10.8 Å². The lowest BCUT2D eigenvalue weighted by molar-refractivity contribution is -0.136. The SMILES string of the molecule is O=C(N[C@@H](Cc1ccccc1)C(=O)NOC[C@@H]1CCOC1)OCc1ccccc1. The fraction of sp³-hybridized carbons (Fsp3) is 0.364. The fourth-order valence-corrected chi connectivity index (χ4v) is 2.98. The van der Waals surface area contributed by atoms with E-state index in [2.05, 4.69) is 10.8 Å². The maximum atomic E-state index is 12.6. The zero-order valence-corrected chi connectivity index (χ0v) is 16.2. The van der Waals surface area contributed by atoms with E-state index in [-0.39, 0.29) is 12.5 Å². The van der Waals surface area contributed by atoms with Crippen LogP contribution in [0.3, 0.4) is 0 Å². The highest BCUT2D eigenvalue weighted by atomic mass is 16.7. The highest BCUT2D eigenvalue weighted by Gasteiger charge is 2.23. The van der Waals surface area contributed by atoms with E-state index >= 15 is 0 Å². The van der Waals surface area contributed by atoms with Crippen LogP contribution in [-0.4, -0.2) is 37.9 Å². The summed E-state index contributed by atoms with van der Waals surface area (Å²) >= 11 is 0. The van der Waals surface area contributed by atoms with Crippen LogP contribution in [-0.2, 0) is 32.1 Å². The third kappa shape index (κ3) is 7.21. The molecule has 2 N–H and O–H groups in total. The Hall–Kier alpha value is -2.90. The Morgan fingerprint density at radius 1 is 1.03 bits per heavy atom. The minimum Gasteiger partial charge on any atom is -0.445 e. The number of amides is 2. The Labute approximate surface area is 170 Å². The third-order valence-corrected chi connectivity index (χ3v) is 4.62. The van der Waals surface area contributed by atoms with E-state index in [1.165, 1.54) is 0 Å². The van der Waals surface area contributed by atoms with Gasteiger partial charge in [0.05, 0.1) is 13.2 Å². The van der Waals surface area contributed by atoms with E-state index < -0.39 is 18.0 Å². The number of alkyl carbamates (subject to hydrolysis) is 1. The highest BCUT2D eigenvalue weighted by Crippen LogP contribution is 2.12. The third-order valence-electron chi connectivity index (χ3n) is 4.62. The molecular weight excluding hydrogens is 372 g/mol. The zero-order valence-electron chi connectivity index (χ0n) is 16.2. The van der Waals surface area contributed by atoms with Gasteiger partial charge in [0.15, 0.2) is 0 Å². The van der Waals surface area contributed by atoms with E-state index in [1.54, 1.807) is 0 Å². The minimum absolute atomic E-state index is 0.129. The average Bonchev–Trinajstić information content (AvgIpc) is 3.27. The Morgan fingerprint density at radius 3 is 2.38 bits per heavy atom. The monoisotopic (exact) mass is 398 g/mol. The molecule has 1 heterocycles. The lowest BCUT2D eigenvalue weighted by Gasteiger charge is -2.19. The fourth-order valence-electron chi connectivity index (χ4n) is 2.98. The number of rotatable bonds is 9. The number of ether oxygens (including phenoxy) is 2. The Kier molecular flexibility index (Phi) is 8.03. The summed E-state index contributed by atoms with van der Waals surface area (Å²) in [5.74, 6) is -0.156. The molecule has 7 nitrogen and oxygen atoms in total. The molecule has 1 aliphatic heterocycles. The van der Waals surface area contributed by atoms with Gasteiger partial charge in [-0.15, -0.1) is 0 Å². The molecule has 29 heavy (non-hydrogen) atoms. The summed E-state index contributed by atoms with van der Waals surface area (Å²) in [7, 11) is 0. The van der Waals surface area contributed by atoms with Gasteiger partial charge < -0.3 is 14.8 Å². The summed E-state index contributed by atoms with van der Waals surface area (Å²) in [5, 5.41) is 2.64. The van der Waals surface area contributed by atoms with Crippen LogP contribution in [0.5, 0.6) is 0 Å². The van der Waals surface area contributed by atoms with Crippen LogP contribution in [0, 0.1) is 5.92 Å². The normalized spacial score (nSPS) is 16.8. The molecule has 2 amide bonds. The van der Waals surface area contributed by atoms with Crippen LogP contribution in [0.25, 0.3) is 0 Å². The molecule has 2 aromatic carbocycles. The lowest BCUT2D eigenvalue weighted by Crippen LogP contribution is -2.48. The smallest absolute Gasteiger partial charge is 0.408 e. The molecule has 1 saturated heterocycles. The van der Waals surface area contributed by atoms with Crippen LogP contribution in [0.4, 0.5) is 4.79 Å². The Balaban J connectivity index is 1.52. The van der Waals surface area contributed by atoms with E-state index in [0.717, 1.165) is 17.5 Å². The summed E-state index contributed by atoms with van der Waals surface area (Å²) in [5.41, 5.74) is 4.23. The van der Waals surface area contributed by atoms with E-state index in [0.29, 0.717) is 26.2 Å². The van der Waals surface area contributed by atoms with Crippen molar-refractivity contribution in [3.63, 3.8) is 0 Å². The van der Waals surface area contributed by atoms with Gasteiger partial charge in [-0.25, -0.2) is 10.3 Å². The molecule has 154 valence electrons. The molecule has 0 spiro atoms. The summed E-state index contributed by atoms with van der Waals surface area (Å²) in [6.07, 6.45) is 0.574. The second-order valence-corrected chi connectivity index (χ2v) is 6.96. The second kappa shape index (κ2) is 11.2. The second-order valence-electron chi connectivity index (χ2n) is 6.96. The van der Waals surface area contributed by atoms with Gasteiger partial charge >= 0.3 is 6.09 Å². The van der Waals surface area contributed by atoms with Gasteiger partial charge in [-0.2, -0.15) is 0 Å². The molecule has 3 rings (SSSR count). The first-order valence-electron chi connectivity index (χ1n) is 9.71. The summed E-state index contributed by atoms with van der Waals surface area (Å²) in [6, 6.07) is 18.0. The molecule has 0 saturated carbocycles. The largest absolute Gasteiger partial charge is 0.445 e. The van der Waals surface area contributed by atoms with E-state index in [9.17, 15) is 9.59 Å². The number of carbonyl (C=O) groups is 2. The molecule has 0 radical (unpaired) electrons. The molecule has 2 aromatic rings. The Bertz CT molecular complexity index is 763. The molecule has 7 heteroatoms. The average molecular weight is 398 g/mol. The van der Waals surface area contributed by atoms with E-state index in [4.69, 9.17) is 14.3 Å². The van der Waals surface area contributed by atoms with Crippen molar-refractivity contribution in [3.8, 4) is 0 Å². The number of benzene rings is 2. The molecule has 0 aromatic heterocycles. The molecule has 0 aliphatic carbocycles. The lowest BCUT2D eigenvalue weighted by atomic mass is 10.1. The number of carbonyl (C=O) groups excluding carboxylic acids is 2. The topological polar surface area (TPSA) is 85.9 Å². The molecular formula is C22H26N2O5. The van der Waals surface area contributed by atoms with Crippen molar-refractivity contribution in [1.82, 2.24) is 10.8 Å². The van der Waals surface area contributed by atoms with Crippen molar-refractivity contribution < 1.29 is 23.9 Å². The quantitative estimate of drug-likeness (QED) is 0.634. The maximum Gasteiger partial charge on any atom is 0.408 e. The van der Waals surface area contributed by atoms with Crippen LogP contribution >= 0.6 is 0 Å². The highest BCUT2D eigenvalue weighted by molar-refractivity contribution is 5.85. The molecule has 2 atom stereocenters. The van der Waals surface area contributed by atoms with Gasteiger partial charge in [-0.1, -0.05) is 60.7 Å². The zero-order chi connectivity index (χ0) is 20.3. The van der Waals surface area contributed by atoms with Crippen molar-refractivity contribution in [1.29, 1.82) is 0 Å². The van der Waals surface area contributed by atoms with Crippen molar-refractivity contribution >= 4 is 12.0 Å². The first-order chi connectivity index (χ1) is 14.2.